The van der Waals surface area contributed by atoms with Crippen molar-refractivity contribution in [1.29, 1.82) is 0 Å². The molecule has 4 rings (SSSR count). The molecule has 0 atom stereocenters. The lowest BCUT2D eigenvalue weighted by atomic mass is 10.3. The van der Waals surface area contributed by atoms with E-state index in [-0.39, 0.29) is 6.03 Å². The molecule has 1 fully saturated rings. The highest BCUT2D eigenvalue weighted by atomic mass is 32.1. The Morgan fingerprint density at radius 2 is 2.21 bits per heavy atom. The van der Waals surface area contributed by atoms with Gasteiger partial charge in [-0.2, -0.15) is 0 Å². The molecule has 1 N–H and O–H groups in total. The van der Waals surface area contributed by atoms with Crippen LogP contribution in [0.2, 0.25) is 0 Å². The van der Waals surface area contributed by atoms with Gasteiger partial charge in [0.15, 0.2) is 16.6 Å². The number of rotatable bonds is 1. The van der Waals surface area contributed by atoms with Crippen LogP contribution in [0.25, 0.3) is 10.2 Å². The van der Waals surface area contributed by atoms with Crippen molar-refractivity contribution in [2.75, 3.05) is 31.2 Å². The summed E-state index contributed by atoms with van der Waals surface area (Å²) < 4.78 is 12.2. The zero-order valence-corrected chi connectivity index (χ0v) is 10.8. The number of hydrogen-bond acceptors (Lipinski definition) is 5. The molecule has 1 saturated heterocycles. The maximum absolute atomic E-state index is 11.7. The molecule has 6 nitrogen and oxygen atoms in total. The molecule has 7 heteroatoms. The van der Waals surface area contributed by atoms with Gasteiger partial charge < -0.3 is 14.8 Å². The smallest absolute Gasteiger partial charge is 0.323 e. The zero-order valence-electron chi connectivity index (χ0n) is 10.0. The monoisotopic (exact) mass is 277 g/mol. The minimum Gasteiger partial charge on any atom is -0.486 e. The van der Waals surface area contributed by atoms with E-state index in [4.69, 9.17) is 9.47 Å². The fraction of sp³-hybridized carbons (Fsp3) is 0.333. The molecule has 0 saturated carbocycles. The number of anilines is 1. The van der Waals surface area contributed by atoms with Crippen molar-refractivity contribution in [3.05, 3.63) is 12.1 Å². The van der Waals surface area contributed by atoms with E-state index in [2.05, 4.69) is 10.3 Å². The number of benzene rings is 1. The van der Waals surface area contributed by atoms with Gasteiger partial charge in [0.05, 0.1) is 4.70 Å². The molecule has 0 bridgehead atoms. The highest BCUT2D eigenvalue weighted by Gasteiger charge is 2.26. The molecule has 0 spiro atoms. The third-order valence-electron chi connectivity index (χ3n) is 3.14. The number of carbonyl (C=O) groups is 1. The number of urea groups is 1. The molecular weight excluding hydrogens is 266 g/mol. The zero-order chi connectivity index (χ0) is 12.8. The fourth-order valence-corrected chi connectivity index (χ4v) is 3.25. The predicted octanol–water partition coefficient (Wildman–Crippen LogP) is 1.60. The van der Waals surface area contributed by atoms with Gasteiger partial charge in [0, 0.05) is 13.1 Å². The molecule has 2 aliphatic heterocycles. The van der Waals surface area contributed by atoms with Crippen LogP contribution in [-0.2, 0) is 0 Å². The van der Waals surface area contributed by atoms with Crippen molar-refractivity contribution in [2.24, 2.45) is 0 Å². The van der Waals surface area contributed by atoms with Gasteiger partial charge in [-0.1, -0.05) is 11.3 Å². The van der Waals surface area contributed by atoms with Crippen LogP contribution in [0.15, 0.2) is 12.1 Å². The van der Waals surface area contributed by atoms with Gasteiger partial charge in [-0.05, 0) is 12.1 Å². The molecule has 2 aliphatic rings. The van der Waals surface area contributed by atoms with Gasteiger partial charge in [-0.3, -0.25) is 4.90 Å². The number of nitrogens with one attached hydrogen (secondary N) is 1. The topological polar surface area (TPSA) is 63.7 Å². The van der Waals surface area contributed by atoms with E-state index < -0.39 is 0 Å². The molecular formula is C12H11N3O3S. The number of carbonyl (C=O) groups excluding carboxylic acids is 1. The van der Waals surface area contributed by atoms with Crippen LogP contribution in [0, 0.1) is 0 Å². The largest absolute Gasteiger partial charge is 0.486 e. The lowest BCUT2D eigenvalue weighted by Crippen LogP contribution is -2.27. The minimum absolute atomic E-state index is 0.0925. The third-order valence-corrected chi connectivity index (χ3v) is 4.19. The van der Waals surface area contributed by atoms with E-state index in [1.54, 1.807) is 4.90 Å². The summed E-state index contributed by atoms with van der Waals surface area (Å²) in [6.07, 6.45) is 0. The standard InChI is InChI=1S/C12H11N3O3S/c16-11-13-3-4-15(11)12-14-9-8(19-12)2-1-7-10(9)18-6-5-17-7/h1-2H,3-6H2,(H,13,16). The Balaban J connectivity index is 1.85. The van der Waals surface area contributed by atoms with E-state index in [0.29, 0.717) is 37.2 Å². The van der Waals surface area contributed by atoms with Gasteiger partial charge in [0.25, 0.3) is 0 Å². The summed E-state index contributed by atoms with van der Waals surface area (Å²) in [4.78, 5) is 17.9. The second kappa shape index (κ2) is 3.99. The maximum Gasteiger partial charge on any atom is 0.323 e. The second-order valence-electron chi connectivity index (χ2n) is 4.32. The van der Waals surface area contributed by atoms with Crippen molar-refractivity contribution in [3.8, 4) is 11.5 Å². The molecule has 3 heterocycles. The van der Waals surface area contributed by atoms with Gasteiger partial charge in [-0.15, -0.1) is 0 Å². The van der Waals surface area contributed by atoms with E-state index in [9.17, 15) is 4.79 Å². The SMILES string of the molecule is O=C1NCCN1c1nc2c3c(ccc2s1)OCCO3. The van der Waals surface area contributed by atoms with Crippen LogP contribution in [0.5, 0.6) is 11.5 Å². The summed E-state index contributed by atoms with van der Waals surface area (Å²) in [7, 11) is 0. The Morgan fingerprint density at radius 3 is 3.05 bits per heavy atom. The molecule has 1 aromatic heterocycles. The second-order valence-corrected chi connectivity index (χ2v) is 5.33. The van der Waals surface area contributed by atoms with Gasteiger partial charge in [-0.25, -0.2) is 9.78 Å². The number of fused-ring (bicyclic) bond motifs is 3. The van der Waals surface area contributed by atoms with E-state index in [1.807, 2.05) is 12.1 Å². The van der Waals surface area contributed by atoms with Gasteiger partial charge in [0.1, 0.15) is 18.7 Å². The Bertz CT molecular complexity index is 670. The molecule has 2 aromatic rings. The third kappa shape index (κ3) is 1.61. The van der Waals surface area contributed by atoms with Crippen LogP contribution in [-0.4, -0.2) is 37.3 Å². The number of amides is 2. The van der Waals surface area contributed by atoms with E-state index >= 15 is 0 Å². The van der Waals surface area contributed by atoms with E-state index in [1.165, 1.54) is 11.3 Å². The normalized spacial score (nSPS) is 17.9. The molecule has 19 heavy (non-hydrogen) atoms. The molecule has 0 radical (unpaired) electrons. The van der Waals surface area contributed by atoms with Crippen molar-refractivity contribution in [2.45, 2.75) is 0 Å². The highest BCUT2D eigenvalue weighted by Crippen LogP contribution is 2.41. The number of aromatic nitrogens is 1. The summed E-state index contributed by atoms with van der Waals surface area (Å²) >= 11 is 1.49. The molecule has 98 valence electrons. The van der Waals surface area contributed by atoms with Crippen molar-refractivity contribution >= 4 is 32.7 Å². The first-order valence-electron chi connectivity index (χ1n) is 6.07. The van der Waals surface area contributed by atoms with Crippen LogP contribution >= 0.6 is 11.3 Å². The lowest BCUT2D eigenvalue weighted by molar-refractivity contribution is 0.173. The average Bonchev–Trinajstić information content (AvgIpc) is 3.04. The van der Waals surface area contributed by atoms with Crippen LogP contribution in [0.4, 0.5) is 9.93 Å². The Hall–Kier alpha value is -2.02. The molecule has 1 aromatic carbocycles. The first-order valence-corrected chi connectivity index (χ1v) is 6.89. The van der Waals surface area contributed by atoms with Gasteiger partial charge in [0.2, 0.25) is 0 Å². The predicted molar refractivity (Wildman–Crippen MR) is 71.4 cm³/mol. The lowest BCUT2D eigenvalue weighted by Gasteiger charge is -2.17. The summed E-state index contributed by atoms with van der Waals surface area (Å²) in [6, 6.07) is 3.76. The van der Waals surface area contributed by atoms with Crippen LogP contribution in [0.3, 0.4) is 0 Å². The average molecular weight is 277 g/mol. The first-order chi connectivity index (χ1) is 9.33. The number of ether oxygens (including phenoxy) is 2. The minimum atomic E-state index is -0.0925. The summed E-state index contributed by atoms with van der Waals surface area (Å²) in [5.74, 6) is 1.41. The van der Waals surface area contributed by atoms with Gasteiger partial charge >= 0.3 is 6.03 Å². The quantitative estimate of drug-likeness (QED) is 0.860. The number of hydrogen-bond donors (Lipinski definition) is 1. The Kier molecular flexibility index (Phi) is 2.28. The fourth-order valence-electron chi connectivity index (χ4n) is 2.26. The summed E-state index contributed by atoms with van der Waals surface area (Å²) in [5.41, 5.74) is 0.775. The molecule has 0 aliphatic carbocycles. The Morgan fingerprint density at radius 1 is 1.32 bits per heavy atom. The number of thiazole rings is 1. The van der Waals surface area contributed by atoms with Crippen molar-refractivity contribution in [3.63, 3.8) is 0 Å². The summed E-state index contributed by atoms with van der Waals surface area (Å²) in [5, 5.41) is 3.47. The Labute approximate surface area is 112 Å². The summed E-state index contributed by atoms with van der Waals surface area (Å²) in [6.45, 7) is 2.40. The van der Waals surface area contributed by atoms with Crippen molar-refractivity contribution < 1.29 is 14.3 Å². The number of nitrogens with zero attached hydrogens (tertiary/aromatic N) is 2. The highest BCUT2D eigenvalue weighted by molar-refractivity contribution is 7.22. The van der Waals surface area contributed by atoms with Crippen molar-refractivity contribution in [1.82, 2.24) is 10.3 Å². The van der Waals surface area contributed by atoms with Crippen LogP contribution in [0.1, 0.15) is 0 Å². The molecule has 0 unspecified atom stereocenters. The first kappa shape index (κ1) is 10.9. The van der Waals surface area contributed by atoms with Crippen LogP contribution < -0.4 is 19.7 Å². The van der Waals surface area contributed by atoms with E-state index in [0.717, 1.165) is 16.0 Å². The maximum atomic E-state index is 11.7. The molecule has 2 amide bonds.